The molecule has 0 heterocycles. The molecule has 0 unspecified atom stereocenters. The normalized spacial score (nSPS) is 27.0. The molecule has 2 heteroatoms. The summed E-state index contributed by atoms with van der Waals surface area (Å²) in [6.07, 6.45) is 8.44. The van der Waals surface area contributed by atoms with Crippen LogP contribution in [-0.4, -0.2) is 23.8 Å². The van der Waals surface area contributed by atoms with Crippen LogP contribution in [0.2, 0.25) is 0 Å². The Balaban J connectivity index is 1.71. The van der Waals surface area contributed by atoms with Gasteiger partial charge in [0.1, 0.15) is 0 Å². The Morgan fingerprint density at radius 2 is 1.62 bits per heavy atom. The minimum absolute atomic E-state index is 0.398. The molecule has 0 aromatic heterocycles. The van der Waals surface area contributed by atoms with Crippen LogP contribution in [0.4, 0.5) is 0 Å². The number of hydrogen-bond acceptors (Lipinski definition) is 2. The second-order valence-corrected chi connectivity index (χ2v) is 6.41. The first-order valence-corrected chi connectivity index (χ1v) is 7.00. The number of nitrogens with one attached hydrogen (secondary N) is 1. The topological polar surface area (TPSA) is 32.3 Å². The largest absolute Gasteiger partial charge is 0.389 e. The van der Waals surface area contributed by atoms with Crippen LogP contribution in [0.3, 0.4) is 0 Å². The highest BCUT2D eigenvalue weighted by atomic mass is 16.3. The molecule has 2 nitrogen and oxygen atoms in total. The Hall–Kier alpha value is -0.0800. The molecule has 0 radical (unpaired) electrons. The van der Waals surface area contributed by atoms with Crippen molar-refractivity contribution in [2.45, 2.75) is 64.4 Å². The van der Waals surface area contributed by atoms with E-state index in [1.165, 1.54) is 32.1 Å². The summed E-state index contributed by atoms with van der Waals surface area (Å²) in [4.78, 5) is 0. The van der Waals surface area contributed by atoms with Crippen molar-refractivity contribution in [2.24, 2.45) is 11.3 Å². The summed E-state index contributed by atoms with van der Waals surface area (Å²) in [5, 5.41) is 13.9. The first kappa shape index (κ1) is 12.4. The van der Waals surface area contributed by atoms with Gasteiger partial charge in [0.05, 0.1) is 5.60 Å². The van der Waals surface area contributed by atoms with Gasteiger partial charge < -0.3 is 10.4 Å². The van der Waals surface area contributed by atoms with E-state index in [0.717, 1.165) is 31.8 Å². The lowest BCUT2D eigenvalue weighted by atomic mass is 9.84. The number of aliphatic hydroxyl groups is 1. The van der Waals surface area contributed by atoms with E-state index in [0.29, 0.717) is 5.41 Å². The van der Waals surface area contributed by atoms with Gasteiger partial charge in [-0.15, -0.1) is 0 Å². The van der Waals surface area contributed by atoms with Gasteiger partial charge in [0.25, 0.3) is 0 Å². The Morgan fingerprint density at radius 1 is 1.00 bits per heavy atom. The molecule has 2 fully saturated rings. The minimum Gasteiger partial charge on any atom is -0.389 e. The van der Waals surface area contributed by atoms with Crippen molar-refractivity contribution in [1.82, 2.24) is 5.32 Å². The van der Waals surface area contributed by atoms with Gasteiger partial charge in [-0.1, -0.05) is 33.1 Å². The molecular weight excluding hydrogens is 198 g/mol. The van der Waals surface area contributed by atoms with Gasteiger partial charge in [-0.05, 0) is 37.0 Å². The molecule has 2 saturated carbocycles. The molecule has 2 aliphatic carbocycles. The van der Waals surface area contributed by atoms with Gasteiger partial charge in [-0.2, -0.15) is 0 Å². The predicted octanol–water partition coefficient (Wildman–Crippen LogP) is 2.71. The Labute approximate surface area is 99.8 Å². The second-order valence-electron chi connectivity index (χ2n) is 6.41. The van der Waals surface area contributed by atoms with Crippen LogP contribution in [0.25, 0.3) is 0 Å². The Bertz CT molecular complexity index is 227. The Morgan fingerprint density at radius 3 is 2.12 bits per heavy atom. The molecule has 0 atom stereocenters. The lowest BCUT2D eigenvalue weighted by Gasteiger charge is -2.33. The van der Waals surface area contributed by atoms with Gasteiger partial charge in [0.2, 0.25) is 0 Å². The van der Waals surface area contributed by atoms with Crippen molar-refractivity contribution in [3.05, 3.63) is 0 Å². The third-order valence-corrected chi connectivity index (χ3v) is 4.83. The molecule has 2 rings (SSSR count). The molecular formula is C14H27NO. The lowest BCUT2D eigenvalue weighted by molar-refractivity contribution is 0.00361. The molecule has 0 aromatic carbocycles. The fraction of sp³-hybridized carbons (Fsp3) is 1.00. The highest BCUT2D eigenvalue weighted by Crippen LogP contribution is 2.51. The zero-order valence-electron chi connectivity index (χ0n) is 10.9. The summed E-state index contributed by atoms with van der Waals surface area (Å²) in [7, 11) is 0. The third-order valence-electron chi connectivity index (χ3n) is 4.83. The smallest absolute Gasteiger partial charge is 0.0771 e. The average Bonchev–Trinajstić information content (AvgIpc) is 3.00. The van der Waals surface area contributed by atoms with E-state index in [-0.39, 0.29) is 0 Å². The number of hydrogen-bond donors (Lipinski definition) is 2. The number of rotatable bonds is 5. The summed E-state index contributed by atoms with van der Waals surface area (Å²) in [6, 6.07) is 0. The molecule has 0 spiro atoms. The lowest BCUT2D eigenvalue weighted by Crippen LogP contribution is -2.44. The van der Waals surface area contributed by atoms with E-state index in [9.17, 15) is 5.11 Å². The Kier molecular flexibility index (Phi) is 3.60. The van der Waals surface area contributed by atoms with E-state index in [1.54, 1.807) is 0 Å². The fourth-order valence-electron chi connectivity index (χ4n) is 3.05. The van der Waals surface area contributed by atoms with Crippen LogP contribution in [0.15, 0.2) is 0 Å². The third kappa shape index (κ3) is 2.78. The maximum absolute atomic E-state index is 10.4. The van der Waals surface area contributed by atoms with Gasteiger partial charge in [0.15, 0.2) is 0 Å². The first-order valence-electron chi connectivity index (χ1n) is 7.00. The molecule has 0 aliphatic heterocycles. The monoisotopic (exact) mass is 225 g/mol. The molecule has 2 aliphatic rings. The van der Waals surface area contributed by atoms with E-state index >= 15 is 0 Å². The van der Waals surface area contributed by atoms with Crippen LogP contribution >= 0.6 is 0 Å². The molecule has 16 heavy (non-hydrogen) atoms. The van der Waals surface area contributed by atoms with E-state index in [1.807, 2.05) is 0 Å². The van der Waals surface area contributed by atoms with Crippen molar-refractivity contribution in [3.8, 4) is 0 Å². The van der Waals surface area contributed by atoms with Crippen molar-refractivity contribution < 1.29 is 5.11 Å². The van der Waals surface area contributed by atoms with E-state index in [4.69, 9.17) is 0 Å². The molecule has 0 amide bonds. The van der Waals surface area contributed by atoms with E-state index < -0.39 is 5.60 Å². The van der Waals surface area contributed by atoms with Crippen molar-refractivity contribution >= 4 is 0 Å². The molecule has 2 N–H and O–H groups in total. The minimum atomic E-state index is -0.398. The van der Waals surface area contributed by atoms with Gasteiger partial charge in [-0.3, -0.25) is 0 Å². The van der Waals surface area contributed by atoms with Crippen molar-refractivity contribution in [1.29, 1.82) is 0 Å². The molecule has 0 saturated heterocycles. The van der Waals surface area contributed by atoms with E-state index in [2.05, 4.69) is 19.2 Å². The molecule has 0 aromatic rings. The predicted molar refractivity (Wildman–Crippen MR) is 67.4 cm³/mol. The molecule has 94 valence electrons. The second kappa shape index (κ2) is 4.66. The van der Waals surface area contributed by atoms with Crippen LogP contribution in [0.1, 0.15) is 58.8 Å². The summed E-state index contributed by atoms with van der Waals surface area (Å²) < 4.78 is 0. The van der Waals surface area contributed by atoms with Crippen LogP contribution in [0.5, 0.6) is 0 Å². The standard InChI is InChI=1S/C14H27NO/c1-12(2)13(8-9-13)10-15-11-14(16)6-4-3-5-7-14/h12,15-16H,3-11H2,1-2H3. The van der Waals surface area contributed by atoms with Gasteiger partial charge in [0, 0.05) is 13.1 Å². The zero-order chi connectivity index (χ0) is 11.6. The summed E-state index contributed by atoms with van der Waals surface area (Å²) in [5.74, 6) is 0.779. The zero-order valence-corrected chi connectivity index (χ0v) is 10.9. The van der Waals surface area contributed by atoms with Crippen LogP contribution < -0.4 is 5.32 Å². The fourth-order valence-corrected chi connectivity index (χ4v) is 3.05. The first-order chi connectivity index (χ1) is 7.56. The van der Waals surface area contributed by atoms with Gasteiger partial charge >= 0.3 is 0 Å². The van der Waals surface area contributed by atoms with Gasteiger partial charge in [-0.25, -0.2) is 0 Å². The summed E-state index contributed by atoms with van der Waals surface area (Å²) >= 11 is 0. The van der Waals surface area contributed by atoms with Crippen molar-refractivity contribution in [3.63, 3.8) is 0 Å². The highest BCUT2D eigenvalue weighted by Gasteiger charge is 2.45. The quantitative estimate of drug-likeness (QED) is 0.754. The SMILES string of the molecule is CC(C)C1(CNCC2(O)CCCCC2)CC1. The van der Waals surface area contributed by atoms with Crippen molar-refractivity contribution in [2.75, 3.05) is 13.1 Å². The molecule has 0 bridgehead atoms. The van der Waals surface area contributed by atoms with Crippen LogP contribution in [0, 0.1) is 11.3 Å². The summed E-state index contributed by atoms with van der Waals surface area (Å²) in [6.45, 7) is 6.56. The highest BCUT2D eigenvalue weighted by molar-refractivity contribution is 4.98. The summed E-state index contributed by atoms with van der Waals surface area (Å²) in [5.41, 5.74) is 0.163. The maximum atomic E-state index is 10.4. The average molecular weight is 225 g/mol. The maximum Gasteiger partial charge on any atom is 0.0771 e. The van der Waals surface area contributed by atoms with Crippen LogP contribution in [-0.2, 0) is 0 Å².